The molecule has 0 aromatic heterocycles. The van der Waals surface area contributed by atoms with Gasteiger partial charge in [-0.1, -0.05) is 72.8 Å². The van der Waals surface area contributed by atoms with Crippen LogP contribution in [0.3, 0.4) is 0 Å². The van der Waals surface area contributed by atoms with Crippen LogP contribution in [0.5, 0.6) is 5.75 Å². The van der Waals surface area contributed by atoms with Crippen LogP contribution in [0.25, 0.3) is 0 Å². The van der Waals surface area contributed by atoms with Crippen molar-refractivity contribution in [3.63, 3.8) is 0 Å². The summed E-state index contributed by atoms with van der Waals surface area (Å²) in [5, 5.41) is 0. The maximum atomic E-state index is 6.93. The molecule has 1 nitrogen and oxygen atoms in total. The van der Waals surface area contributed by atoms with E-state index in [9.17, 15) is 0 Å². The molecule has 0 spiro atoms. The fourth-order valence-corrected chi connectivity index (χ4v) is 8.08. The second-order valence-corrected chi connectivity index (χ2v) is 10.3. The molecular weight excluding hydrogens is 331 g/mol. The van der Waals surface area contributed by atoms with Gasteiger partial charge in [0.2, 0.25) is 0 Å². The Morgan fingerprint density at radius 2 is 0.692 bits per heavy atom. The molecule has 0 unspecified atom stereocenters. The summed E-state index contributed by atoms with van der Waals surface area (Å²) in [6.45, 7) is 0. The molecule has 0 atom stereocenters. The highest BCUT2D eigenvalue weighted by Gasteiger charge is 2.40. The molecule has 26 heavy (non-hydrogen) atoms. The van der Waals surface area contributed by atoms with Crippen molar-refractivity contribution >= 4 is 26.7 Å². The van der Waals surface area contributed by atoms with E-state index in [-0.39, 0.29) is 0 Å². The van der Waals surface area contributed by atoms with E-state index in [0.29, 0.717) is 0 Å². The Labute approximate surface area is 157 Å². The number of rotatable bonds is 5. The first-order chi connectivity index (χ1) is 12.9. The predicted octanol–water partition coefficient (Wildman–Crippen LogP) is 3.73. The van der Waals surface area contributed by atoms with Gasteiger partial charge in [0.1, 0.15) is 0 Å². The van der Waals surface area contributed by atoms with Crippen LogP contribution in [0, 0.1) is 0 Å². The Balaban J connectivity index is 2.00. The third-order valence-electron chi connectivity index (χ3n) is 4.86. The van der Waals surface area contributed by atoms with E-state index in [0.717, 1.165) is 5.75 Å². The second-order valence-electron chi connectivity index (χ2n) is 6.45. The summed E-state index contributed by atoms with van der Waals surface area (Å²) in [6, 6.07) is 42.2. The van der Waals surface area contributed by atoms with E-state index in [1.165, 1.54) is 13.3 Å². The van der Waals surface area contributed by atoms with Crippen LogP contribution in [-0.2, 0) is 0 Å². The number of hydrogen-bond acceptors (Lipinski definition) is 1. The highest BCUT2D eigenvalue weighted by atomic mass is 27.3. The average Bonchev–Trinajstić information content (AvgIpc) is 2.75. The lowest BCUT2D eigenvalue weighted by Crippen LogP contribution is -2.71. The van der Waals surface area contributed by atoms with Gasteiger partial charge in [0.25, 0.3) is 0 Å². The van der Waals surface area contributed by atoms with Gasteiger partial charge in [0.05, 0.1) is 0 Å². The Bertz CT molecular complexity index is 842. The molecule has 126 valence electrons. The monoisotopic (exact) mass is 351 g/mol. The van der Waals surface area contributed by atoms with Crippen molar-refractivity contribution in [3.8, 4) is 5.75 Å². The second kappa shape index (κ2) is 7.62. The normalized spacial score (nSPS) is 11.1. The summed E-state index contributed by atoms with van der Waals surface area (Å²) >= 11 is -3.05. The minimum Gasteiger partial charge on any atom is -0.788 e. The molecule has 0 radical (unpaired) electrons. The number of para-hydroxylation sites is 1. The molecule has 4 rings (SSSR count). The Hall–Kier alpha value is -2.79. The summed E-state index contributed by atoms with van der Waals surface area (Å²) in [5.41, 5.74) is 0. The van der Waals surface area contributed by atoms with Crippen LogP contribution < -0.4 is 17.1 Å². The lowest BCUT2D eigenvalue weighted by Gasteiger charge is -2.41. The minimum absolute atomic E-state index is 0.911. The fraction of sp³-hybridized carbons (Fsp3) is 0. The van der Waals surface area contributed by atoms with Crippen molar-refractivity contribution in [1.82, 2.24) is 0 Å². The summed E-state index contributed by atoms with van der Waals surface area (Å²) in [7, 11) is 0. The molecule has 0 saturated carbocycles. The quantitative estimate of drug-likeness (QED) is 0.498. The summed E-state index contributed by atoms with van der Waals surface area (Å²) in [5.74, 6) is 0.911. The molecular formula is C24H20AlO-. The molecule has 0 aliphatic heterocycles. The zero-order chi connectivity index (χ0) is 17.7. The zero-order valence-corrected chi connectivity index (χ0v) is 15.7. The topological polar surface area (TPSA) is 9.23 Å². The van der Waals surface area contributed by atoms with Crippen LogP contribution in [0.4, 0.5) is 0 Å². The van der Waals surface area contributed by atoms with Gasteiger partial charge in [-0.25, -0.2) is 0 Å². The third kappa shape index (κ3) is 3.18. The molecule has 0 aliphatic carbocycles. The number of benzene rings is 4. The van der Waals surface area contributed by atoms with Crippen LogP contribution in [-0.4, -0.2) is 13.4 Å². The molecule has 0 amide bonds. The lowest BCUT2D eigenvalue weighted by atomic mass is 10.3. The van der Waals surface area contributed by atoms with Crippen LogP contribution in [0.15, 0.2) is 121 Å². The molecule has 0 bridgehead atoms. The standard InChI is InChI=1S/C6H6O.3C6H5.Al/c7-6-4-2-1-3-5-6;3*1-2-4-6-5-3-1;/h1-5,7H;3*1-5H;/p-1. The maximum Gasteiger partial charge on any atom is 0.476 e. The molecule has 2 heteroatoms. The van der Waals surface area contributed by atoms with E-state index in [1.807, 2.05) is 30.3 Å². The highest BCUT2D eigenvalue weighted by Crippen LogP contribution is 2.16. The van der Waals surface area contributed by atoms with Gasteiger partial charge in [0, 0.05) is 5.75 Å². The van der Waals surface area contributed by atoms with E-state index >= 15 is 0 Å². The van der Waals surface area contributed by atoms with E-state index in [4.69, 9.17) is 3.79 Å². The highest BCUT2D eigenvalue weighted by molar-refractivity contribution is 7.07. The van der Waals surface area contributed by atoms with Crippen LogP contribution in [0.1, 0.15) is 0 Å². The molecule has 0 saturated heterocycles. The first-order valence-electron chi connectivity index (χ1n) is 8.95. The first-order valence-corrected chi connectivity index (χ1v) is 11.2. The average molecular weight is 351 g/mol. The van der Waals surface area contributed by atoms with Crippen molar-refractivity contribution < 1.29 is 3.79 Å². The Kier molecular flexibility index (Phi) is 4.89. The van der Waals surface area contributed by atoms with Crippen molar-refractivity contribution in [2.75, 3.05) is 0 Å². The maximum absolute atomic E-state index is 6.93. The Morgan fingerprint density at radius 3 is 1.04 bits per heavy atom. The van der Waals surface area contributed by atoms with Crippen molar-refractivity contribution in [2.45, 2.75) is 0 Å². The third-order valence-corrected chi connectivity index (χ3v) is 9.46. The van der Waals surface area contributed by atoms with E-state index in [2.05, 4.69) is 91.0 Å². The predicted molar refractivity (Wildman–Crippen MR) is 111 cm³/mol. The van der Waals surface area contributed by atoms with Gasteiger partial charge in [-0.15, -0.1) is 36.4 Å². The van der Waals surface area contributed by atoms with Gasteiger partial charge < -0.3 is 3.79 Å². The van der Waals surface area contributed by atoms with Gasteiger partial charge in [0.15, 0.2) is 0 Å². The van der Waals surface area contributed by atoms with Gasteiger partial charge in [-0.05, 0) is 12.1 Å². The fourth-order valence-electron chi connectivity index (χ4n) is 3.66. The summed E-state index contributed by atoms with van der Waals surface area (Å²) in [6.07, 6.45) is 0. The van der Waals surface area contributed by atoms with E-state index < -0.39 is 13.4 Å². The van der Waals surface area contributed by atoms with Gasteiger partial charge in [-0.3, -0.25) is 0 Å². The molecule has 0 aliphatic rings. The van der Waals surface area contributed by atoms with Crippen molar-refractivity contribution in [2.24, 2.45) is 0 Å². The van der Waals surface area contributed by atoms with Crippen molar-refractivity contribution in [1.29, 1.82) is 0 Å². The van der Waals surface area contributed by atoms with Gasteiger partial charge in [-0.2, -0.15) is 13.3 Å². The molecule has 4 aromatic rings. The van der Waals surface area contributed by atoms with Crippen LogP contribution in [0.2, 0.25) is 0 Å². The smallest absolute Gasteiger partial charge is 0.476 e. The largest absolute Gasteiger partial charge is 0.788 e. The Morgan fingerprint density at radius 1 is 0.385 bits per heavy atom. The first kappa shape index (κ1) is 16.7. The van der Waals surface area contributed by atoms with Gasteiger partial charge >= 0.3 is 13.4 Å². The van der Waals surface area contributed by atoms with Crippen molar-refractivity contribution in [3.05, 3.63) is 121 Å². The molecule has 0 heterocycles. The lowest BCUT2D eigenvalue weighted by molar-refractivity contribution is 0.577. The zero-order valence-electron chi connectivity index (χ0n) is 14.5. The van der Waals surface area contributed by atoms with Crippen LogP contribution >= 0.6 is 0 Å². The number of hydrogen-bond donors (Lipinski definition) is 0. The summed E-state index contributed by atoms with van der Waals surface area (Å²) < 4.78 is 10.7. The molecule has 0 fully saturated rings. The molecule has 0 N–H and O–H groups in total. The SMILES string of the molecule is c1ccc([O][Al-]([c]2ccccc2)([c]2ccccc2)[c]2ccccc2)cc1. The summed E-state index contributed by atoms with van der Waals surface area (Å²) in [4.78, 5) is 0. The van der Waals surface area contributed by atoms with E-state index in [1.54, 1.807) is 0 Å². The minimum atomic E-state index is -3.05. The molecule has 4 aromatic carbocycles.